The first-order valence-corrected chi connectivity index (χ1v) is 7.05. The molecule has 0 fully saturated rings. The summed E-state index contributed by atoms with van der Waals surface area (Å²) in [7, 11) is 0. The molecule has 2 heterocycles. The molecular weight excluding hydrogens is 294 g/mol. The van der Waals surface area contributed by atoms with Crippen molar-refractivity contribution in [2.45, 2.75) is 13.8 Å². The fourth-order valence-electron chi connectivity index (χ4n) is 2.27. The predicted octanol–water partition coefficient (Wildman–Crippen LogP) is 2.90. The zero-order chi connectivity index (χ0) is 16.6. The van der Waals surface area contributed by atoms with E-state index in [-0.39, 0.29) is 17.2 Å². The van der Waals surface area contributed by atoms with Crippen molar-refractivity contribution in [2.24, 2.45) is 0 Å². The van der Waals surface area contributed by atoms with E-state index in [2.05, 4.69) is 10.3 Å². The number of benzene rings is 1. The molecule has 0 unspecified atom stereocenters. The zero-order valence-electron chi connectivity index (χ0n) is 12.7. The molecule has 0 aliphatic heterocycles. The van der Waals surface area contributed by atoms with Crippen LogP contribution in [0.25, 0.3) is 5.65 Å². The van der Waals surface area contributed by atoms with Crippen LogP contribution in [-0.4, -0.2) is 26.4 Å². The molecule has 6 heteroatoms. The number of nitrogens with zero attached hydrogens (tertiary/aromatic N) is 2. The number of amides is 1. The first kappa shape index (κ1) is 14.8. The summed E-state index contributed by atoms with van der Waals surface area (Å²) in [6.07, 6.45) is 3.48. The Labute approximate surface area is 132 Å². The standard InChI is InChI=1S/C17H15N3O3/c1-10-5-6-20-9-14(18-15(20)7-10)16(21)19-13-8-12(17(22)23)4-3-11(13)2/h3-9H,1-2H3,(H,19,21)(H,22,23). The molecule has 0 aliphatic rings. The number of aromatic carboxylic acids is 1. The molecule has 2 aromatic heterocycles. The highest BCUT2D eigenvalue weighted by atomic mass is 16.4. The van der Waals surface area contributed by atoms with Gasteiger partial charge in [-0.3, -0.25) is 4.79 Å². The van der Waals surface area contributed by atoms with Crippen LogP contribution in [0.4, 0.5) is 5.69 Å². The van der Waals surface area contributed by atoms with Gasteiger partial charge in [0.2, 0.25) is 0 Å². The van der Waals surface area contributed by atoms with Crippen LogP contribution < -0.4 is 5.32 Å². The molecule has 0 saturated heterocycles. The number of anilines is 1. The number of nitrogens with one attached hydrogen (secondary N) is 1. The van der Waals surface area contributed by atoms with E-state index >= 15 is 0 Å². The minimum absolute atomic E-state index is 0.122. The van der Waals surface area contributed by atoms with Gasteiger partial charge >= 0.3 is 5.97 Å². The Morgan fingerprint density at radius 2 is 1.96 bits per heavy atom. The number of hydrogen-bond acceptors (Lipinski definition) is 3. The van der Waals surface area contributed by atoms with Gasteiger partial charge in [0.25, 0.3) is 5.91 Å². The summed E-state index contributed by atoms with van der Waals surface area (Å²) >= 11 is 0. The number of hydrogen-bond donors (Lipinski definition) is 2. The van der Waals surface area contributed by atoms with Crippen molar-refractivity contribution in [3.8, 4) is 0 Å². The second-order valence-electron chi connectivity index (χ2n) is 5.38. The smallest absolute Gasteiger partial charge is 0.335 e. The maximum Gasteiger partial charge on any atom is 0.335 e. The van der Waals surface area contributed by atoms with Crippen molar-refractivity contribution in [3.05, 3.63) is 65.1 Å². The predicted molar refractivity (Wildman–Crippen MR) is 86.0 cm³/mol. The minimum Gasteiger partial charge on any atom is -0.478 e. The molecule has 0 spiro atoms. The monoisotopic (exact) mass is 309 g/mol. The van der Waals surface area contributed by atoms with Gasteiger partial charge in [-0.2, -0.15) is 0 Å². The minimum atomic E-state index is -1.04. The highest BCUT2D eigenvalue weighted by molar-refractivity contribution is 6.04. The molecule has 0 radical (unpaired) electrons. The lowest BCUT2D eigenvalue weighted by atomic mass is 10.1. The van der Waals surface area contributed by atoms with E-state index in [0.29, 0.717) is 11.3 Å². The van der Waals surface area contributed by atoms with Crippen LogP contribution in [0.1, 0.15) is 32.0 Å². The van der Waals surface area contributed by atoms with Crippen molar-refractivity contribution >= 4 is 23.2 Å². The Morgan fingerprint density at radius 3 is 2.70 bits per heavy atom. The average molecular weight is 309 g/mol. The number of carboxylic acid groups (broad SMARTS) is 1. The summed E-state index contributed by atoms with van der Waals surface area (Å²) < 4.78 is 1.77. The van der Waals surface area contributed by atoms with Crippen molar-refractivity contribution in [3.63, 3.8) is 0 Å². The van der Waals surface area contributed by atoms with Crippen LogP contribution in [0.2, 0.25) is 0 Å². The first-order chi connectivity index (χ1) is 10.9. The van der Waals surface area contributed by atoms with Gasteiger partial charge in [-0.15, -0.1) is 0 Å². The Balaban J connectivity index is 1.91. The van der Waals surface area contributed by atoms with E-state index in [1.54, 1.807) is 23.6 Å². The SMILES string of the molecule is Cc1ccn2cc(C(=O)Nc3cc(C(=O)O)ccc3C)nc2c1. The molecule has 3 rings (SSSR count). The quantitative estimate of drug-likeness (QED) is 0.779. The number of imidazole rings is 1. The van der Waals surface area contributed by atoms with E-state index in [0.717, 1.165) is 11.1 Å². The van der Waals surface area contributed by atoms with Crippen LogP contribution in [0.5, 0.6) is 0 Å². The Hall–Kier alpha value is -3.15. The van der Waals surface area contributed by atoms with E-state index in [4.69, 9.17) is 5.11 Å². The Kier molecular flexibility index (Phi) is 3.57. The fourth-order valence-corrected chi connectivity index (χ4v) is 2.27. The van der Waals surface area contributed by atoms with Gasteiger partial charge in [0.1, 0.15) is 11.3 Å². The highest BCUT2D eigenvalue weighted by Crippen LogP contribution is 2.18. The summed E-state index contributed by atoms with van der Waals surface area (Å²) in [4.78, 5) is 27.7. The number of aromatic nitrogens is 2. The van der Waals surface area contributed by atoms with E-state index in [1.807, 2.05) is 25.3 Å². The van der Waals surface area contributed by atoms with Crippen molar-refractivity contribution in [1.29, 1.82) is 0 Å². The van der Waals surface area contributed by atoms with Crippen LogP contribution >= 0.6 is 0 Å². The molecule has 23 heavy (non-hydrogen) atoms. The van der Waals surface area contributed by atoms with Crippen molar-refractivity contribution in [2.75, 3.05) is 5.32 Å². The molecule has 0 saturated carbocycles. The second kappa shape index (κ2) is 5.57. The van der Waals surface area contributed by atoms with Crippen molar-refractivity contribution < 1.29 is 14.7 Å². The maximum atomic E-state index is 12.4. The summed E-state index contributed by atoms with van der Waals surface area (Å²) in [5.41, 5.74) is 3.38. The maximum absolute atomic E-state index is 12.4. The third kappa shape index (κ3) is 2.91. The van der Waals surface area contributed by atoms with Gasteiger partial charge in [0.05, 0.1) is 5.56 Å². The summed E-state index contributed by atoms with van der Waals surface area (Å²) in [5, 5.41) is 11.8. The van der Waals surface area contributed by atoms with Gasteiger partial charge in [0.15, 0.2) is 0 Å². The molecule has 3 aromatic rings. The number of fused-ring (bicyclic) bond motifs is 1. The normalized spacial score (nSPS) is 10.7. The van der Waals surface area contributed by atoms with Gasteiger partial charge in [-0.05, 0) is 49.2 Å². The van der Waals surface area contributed by atoms with Crippen LogP contribution in [-0.2, 0) is 0 Å². The number of pyridine rings is 1. The molecular formula is C17H15N3O3. The Bertz CT molecular complexity index is 928. The summed E-state index contributed by atoms with van der Waals surface area (Å²) in [6, 6.07) is 8.41. The van der Waals surface area contributed by atoms with E-state index in [9.17, 15) is 9.59 Å². The largest absolute Gasteiger partial charge is 0.478 e. The molecule has 1 amide bonds. The molecule has 0 bridgehead atoms. The van der Waals surface area contributed by atoms with Crippen LogP contribution in [0.15, 0.2) is 42.7 Å². The lowest BCUT2D eigenvalue weighted by Crippen LogP contribution is -2.13. The second-order valence-corrected chi connectivity index (χ2v) is 5.38. The number of rotatable bonds is 3. The lowest BCUT2D eigenvalue weighted by Gasteiger charge is -2.08. The average Bonchev–Trinajstić information content (AvgIpc) is 2.92. The third-order valence-electron chi connectivity index (χ3n) is 3.58. The van der Waals surface area contributed by atoms with E-state index in [1.165, 1.54) is 12.1 Å². The van der Waals surface area contributed by atoms with Gasteiger partial charge in [0, 0.05) is 18.1 Å². The molecule has 6 nitrogen and oxygen atoms in total. The van der Waals surface area contributed by atoms with Gasteiger partial charge in [-0.1, -0.05) is 6.07 Å². The van der Waals surface area contributed by atoms with E-state index < -0.39 is 5.97 Å². The summed E-state index contributed by atoms with van der Waals surface area (Å²) in [5.74, 6) is -1.42. The first-order valence-electron chi connectivity index (χ1n) is 7.05. The number of carbonyl (C=O) groups is 2. The van der Waals surface area contributed by atoms with Gasteiger partial charge in [-0.25, -0.2) is 9.78 Å². The van der Waals surface area contributed by atoms with Crippen LogP contribution in [0, 0.1) is 13.8 Å². The Morgan fingerprint density at radius 1 is 1.17 bits per heavy atom. The fraction of sp³-hybridized carbons (Fsp3) is 0.118. The zero-order valence-corrected chi connectivity index (χ0v) is 12.7. The number of carbonyl (C=O) groups excluding carboxylic acids is 1. The molecule has 1 aromatic carbocycles. The number of carboxylic acids is 1. The number of aryl methyl sites for hydroxylation is 2. The molecule has 0 atom stereocenters. The topological polar surface area (TPSA) is 83.7 Å². The lowest BCUT2D eigenvalue weighted by molar-refractivity contribution is 0.0696. The van der Waals surface area contributed by atoms with Crippen molar-refractivity contribution in [1.82, 2.24) is 9.38 Å². The molecule has 2 N–H and O–H groups in total. The summed E-state index contributed by atoms with van der Waals surface area (Å²) in [6.45, 7) is 3.75. The van der Waals surface area contributed by atoms with Crippen LogP contribution in [0.3, 0.4) is 0 Å². The molecule has 116 valence electrons. The highest BCUT2D eigenvalue weighted by Gasteiger charge is 2.13. The third-order valence-corrected chi connectivity index (χ3v) is 3.58. The molecule has 0 aliphatic carbocycles. The van der Waals surface area contributed by atoms with Gasteiger partial charge < -0.3 is 14.8 Å².